The van der Waals surface area contributed by atoms with Crippen molar-refractivity contribution < 1.29 is 23.8 Å². The Labute approximate surface area is 178 Å². The lowest BCUT2D eigenvalue weighted by atomic mass is 9.92. The van der Waals surface area contributed by atoms with Crippen LogP contribution in [0.15, 0.2) is 18.2 Å². The minimum atomic E-state index is -0.593. The van der Waals surface area contributed by atoms with Crippen LogP contribution in [0.4, 0.5) is 14.9 Å². The maximum Gasteiger partial charge on any atom is 0.410 e. The van der Waals surface area contributed by atoms with Crippen molar-refractivity contribution in [2.24, 2.45) is 5.92 Å². The van der Waals surface area contributed by atoms with Crippen LogP contribution < -0.4 is 10.6 Å². The summed E-state index contributed by atoms with van der Waals surface area (Å²) in [6.07, 6.45) is 3.67. The van der Waals surface area contributed by atoms with Crippen molar-refractivity contribution in [1.82, 2.24) is 10.2 Å². The second-order valence-electron chi connectivity index (χ2n) is 8.65. The van der Waals surface area contributed by atoms with Crippen LogP contribution >= 0.6 is 0 Å². The number of halogens is 1. The highest BCUT2D eigenvalue weighted by Crippen LogP contribution is 2.23. The number of anilines is 1. The Kier molecular flexibility index (Phi) is 8.89. The Morgan fingerprint density at radius 2 is 1.93 bits per heavy atom. The van der Waals surface area contributed by atoms with E-state index in [0.29, 0.717) is 18.2 Å². The molecule has 2 rings (SSSR count). The number of nitrogens with one attached hydrogen (secondary N) is 2. The van der Waals surface area contributed by atoms with Gasteiger partial charge in [0.2, 0.25) is 0 Å². The van der Waals surface area contributed by atoms with Crippen LogP contribution in [0.25, 0.3) is 0 Å². The quantitative estimate of drug-likeness (QED) is 0.558. The molecule has 1 aliphatic rings. The number of hydrogen-bond acceptors (Lipinski definition) is 5. The Balaban J connectivity index is 1.68. The third-order valence-corrected chi connectivity index (χ3v) is 5.00. The highest BCUT2D eigenvalue weighted by atomic mass is 19.1. The van der Waals surface area contributed by atoms with Crippen molar-refractivity contribution in [3.8, 4) is 0 Å². The predicted octanol–water partition coefficient (Wildman–Crippen LogP) is 3.39. The molecule has 2 amide bonds. The summed E-state index contributed by atoms with van der Waals surface area (Å²) in [6.45, 7) is 7.67. The number of aliphatic hydroxyl groups excluding tert-OH is 1. The van der Waals surface area contributed by atoms with Gasteiger partial charge in [-0.1, -0.05) is 0 Å². The van der Waals surface area contributed by atoms with E-state index in [9.17, 15) is 14.0 Å². The van der Waals surface area contributed by atoms with Gasteiger partial charge in [0.15, 0.2) is 0 Å². The van der Waals surface area contributed by atoms with E-state index < -0.39 is 17.3 Å². The van der Waals surface area contributed by atoms with Gasteiger partial charge in [0, 0.05) is 31.9 Å². The van der Waals surface area contributed by atoms with Crippen molar-refractivity contribution in [1.29, 1.82) is 0 Å². The third kappa shape index (κ3) is 7.82. The molecule has 1 saturated heterocycles. The number of aliphatic hydroxyl groups is 1. The smallest absolute Gasteiger partial charge is 0.410 e. The number of rotatable bonds is 8. The van der Waals surface area contributed by atoms with E-state index in [1.165, 1.54) is 12.1 Å². The molecular formula is C22H34FN3O4. The molecule has 0 bridgehead atoms. The summed E-state index contributed by atoms with van der Waals surface area (Å²) in [4.78, 5) is 25.7. The van der Waals surface area contributed by atoms with E-state index in [0.717, 1.165) is 38.8 Å². The van der Waals surface area contributed by atoms with Gasteiger partial charge in [0.25, 0.3) is 5.91 Å². The van der Waals surface area contributed by atoms with E-state index in [4.69, 9.17) is 9.84 Å². The van der Waals surface area contributed by atoms with Gasteiger partial charge in [-0.05, 0) is 70.6 Å². The number of hydrogen-bond donors (Lipinski definition) is 3. The second kappa shape index (κ2) is 11.2. The van der Waals surface area contributed by atoms with Crippen molar-refractivity contribution in [2.75, 3.05) is 38.1 Å². The standard InChI is InChI=1S/C22H34FN3O4/c1-22(2,3)30-21(29)26-12-8-16(9-13-26)5-4-10-24-17-6-7-18(19(23)15-17)20(28)25-11-14-27/h6-7,15-16,24,27H,4-5,8-14H2,1-3H3,(H,25,28). The van der Waals surface area contributed by atoms with Crippen LogP contribution in [-0.2, 0) is 4.74 Å². The number of likely N-dealkylation sites (tertiary alicyclic amines) is 1. The SMILES string of the molecule is CC(C)(C)OC(=O)N1CCC(CCCNc2ccc(C(=O)NCCO)c(F)c2)CC1. The molecule has 1 fully saturated rings. The minimum absolute atomic E-state index is 0.0363. The maximum absolute atomic E-state index is 14.1. The lowest BCUT2D eigenvalue weighted by Crippen LogP contribution is -2.41. The van der Waals surface area contributed by atoms with Gasteiger partial charge >= 0.3 is 6.09 Å². The van der Waals surface area contributed by atoms with Crippen LogP contribution in [0.3, 0.4) is 0 Å². The van der Waals surface area contributed by atoms with Gasteiger partial charge in [0.1, 0.15) is 11.4 Å². The van der Waals surface area contributed by atoms with Crippen molar-refractivity contribution in [3.05, 3.63) is 29.6 Å². The van der Waals surface area contributed by atoms with Gasteiger partial charge in [-0.3, -0.25) is 4.79 Å². The van der Waals surface area contributed by atoms with Gasteiger partial charge in [0.05, 0.1) is 12.2 Å². The Morgan fingerprint density at radius 3 is 2.53 bits per heavy atom. The fourth-order valence-corrected chi connectivity index (χ4v) is 3.43. The number of carbonyl (C=O) groups excluding carboxylic acids is 2. The Hall–Kier alpha value is -2.35. The molecule has 0 radical (unpaired) electrons. The van der Waals surface area contributed by atoms with E-state index in [1.807, 2.05) is 20.8 Å². The highest BCUT2D eigenvalue weighted by molar-refractivity contribution is 5.94. The van der Waals surface area contributed by atoms with Gasteiger partial charge in [-0.2, -0.15) is 0 Å². The largest absolute Gasteiger partial charge is 0.444 e. The number of piperidine rings is 1. The first kappa shape index (κ1) is 23.9. The fourth-order valence-electron chi connectivity index (χ4n) is 3.43. The zero-order valence-electron chi connectivity index (χ0n) is 18.2. The van der Waals surface area contributed by atoms with Crippen LogP contribution in [-0.4, -0.2) is 60.4 Å². The summed E-state index contributed by atoms with van der Waals surface area (Å²) < 4.78 is 19.5. The molecule has 0 spiro atoms. The average molecular weight is 424 g/mol. The normalized spacial score (nSPS) is 15.0. The molecule has 1 aromatic rings. The number of carbonyl (C=O) groups is 2. The number of amides is 2. The molecular weight excluding hydrogens is 389 g/mol. The molecule has 8 heteroatoms. The second-order valence-corrected chi connectivity index (χ2v) is 8.65. The molecule has 1 aliphatic heterocycles. The van der Waals surface area contributed by atoms with E-state index in [1.54, 1.807) is 11.0 Å². The monoisotopic (exact) mass is 423 g/mol. The zero-order valence-corrected chi connectivity index (χ0v) is 18.2. The maximum atomic E-state index is 14.1. The summed E-state index contributed by atoms with van der Waals surface area (Å²) >= 11 is 0. The molecule has 168 valence electrons. The van der Waals surface area contributed by atoms with Crippen molar-refractivity contribution in [2.45, 2.75) is 52.1 Å². The summed E-state index contributed by atoms with van der Waals surface area (Å²) in [5, 5.41) is 14.4. The van der Waals surface area contributed by atoms with Crippen LogP contribution in [0.5, 0.6) is 0 Å². The molecule has 0 unspecified atom stereocenters. The molecule has 0 atom stereocenters. The molecule has 30 heavy (non-hydrogen) atoms. The van der Waals surface area contributed by atoms with E-state index in [2.05, 4.69) is 10.6 Å². The topological polar surface area (TPSA) is 90.9 Å². The van der Waals surface area contributed by atoms with E-state index in [-0.39, 0.29) is 24.8 Å². The molecule has 0 aromatic heterocycles. The first-order valence-electron chi connectivity index (χ1n) is 10.6. The number of nitrogens with zero attached hydrogens (tertiary/aromatic N) is 1. The first-order valence-corrected chi connectivity index (χ1v) is 10.6. The Morgan fingerprint density at radius 1 is 1.23 bits per heavy atom. The summed E-state index contributed by atoms with van der Waals surface area (Å²) in [6, 6.07) is 4.43. The van der Waals surface area contributed by atoms with Gasteiger partial charge < -0.3 is 25.4 Å². The molecule has 3 N–H and O–H groups in total. The van der Waals surface area contributed by atoms with E-state index >= 15 is 0 Å². The lowest BCUT2D eigenvalue weighted by molar-refractivity contribution is 0.0181. The van der Waals surface area contributed by atoms with Crippen LogP contribution in [0, 0.1) is 11.7 Å². The van der Waals surface area contributed by atoms with Gasteiger partial charge in [-0.15, -0.1) is 0 Å². The highest BCUT2D eigenvalue weighted by Gasteiger charge is 2.26. The number of benzene rings is 1. The summed E-state index contributed by atoms with van der Waals surface area (Å²) in [7, 11) is 0. The Bertz CT molecular complexity index is 713. The zero-order chi connectivity index (χ0) is 22.1. The number of ether oxygens (including phenoxy) is 1. The minimum Gasteiger partial charge on any atom is -0.444 e. The molecule has 0 saturated carbocycles. The van der Waals surface area contributed by atoms with Gasteiger partial charge in [-0.25, -0.2) is 9.18 Å². The van der Waals surface area contributed by atoms with Crippen LogP contribution in [0.1, 0.15) is 56.8 Å². The lowest BCUT2D eigenvalue weighted by Gasteiger charge is -2.33. The summed E-state index contributed by atoms with van der Waals surface area (Å²) in [5.74, 6) is -0.560. The molecule has 1 heterocycles. The van der Waals surface area contributed by atoms with Crippen molar-refractivity contribution >= 4 is 17.7 Å². The fraction of sp³-hybridized carbons (Fsp3) is 0.636. The summed E-state index contributed by atoms with van der Waals surface area (Å²) in [5.41, 5.74) is 0.122. The van der Waals surface area contributed by atoms with Crippen LogP contribution in [0.2, 0.25) is 0 Å². The molecule has 1 aromatic carbocycles. The average Bonchev–Trinajstić information content (AvgIpc) is 2.68. The first-order chi connectivity index (χ1) is 14.2. The molecule has 7 nitrogen and oxygen atoms in total. The predicted molar refractivity (Wildman–Crippen MR) is 114 cm³/mol. The molecule has 0 aliphatic carbocycles. The third-order valence-electron chi connectivity index (χ3n) is 5.00. The van der Waals surface area contributed by atoms with Crippen molar-refractivity contribution in [3.63, 3.8) is 0 Å².